The number of H-pyrrole nitrogens is 1. The van der Waals surface area contributed by atoms with Crippen molar-refractivity contribution >= 4 is 5.95 Å². The van der Waals surface area contributed by atoms with Gasteiger partial charge in [-0.05, 0) is 0 Å². The summed E-state index contributed by atoms with van der Waals surface area (Å²) in [5, 5.41) is 8.81. The van der Waals surface area contributed by atoms with E-state index in [1.807, 2.05) is 0 Å². The number of anilines is 1. The number of nitrogens with zero attached hydrogens (tertiary/aromatic N) is 1. The number of nitrogens with one attached hydrogen (secondary N) is 1. The maximum absolute atomic E-state index is 8.81. The lowest BCUT2D eigenvalue weighted by molar-refractivity contribution is 0.358. The number of nitrogen functional groups attached to an aromatic ring is 1. The SMILES string of the molecule is COc1nc(N)[nH]c1O. The van der Waals surface area contributed by atoms with Crippen LogP contribution in [0, 0.1) is 0 Å². The first kappa shape index (κ1) is 5.74. The Morgan fingerprint density at radius 3 is 2.67 bits per heavy atom. The van der Waals surface area contributed by atoms with Crippen LogP contribution in [-0.4, -0.2) is 22.2 Å². The van der Waals surface area contributed by atoms with Crippen molar-refractivity contribution in [3.05, 3.63) is 0 Å². The summed E-state index contributed by atoms with van der Waals surface area (Å²) in [7, 11) is 1.40. The Labute approximate surface area is 51.5 Å². The van der Waals surface area contributed by atoms with E-state index in [0.29, 0.717) is 0 Å². The lowest BCUT2D eigenvalue weighted by atomic mass is 10.8. The van der Waals surface area contributed by atoms with Crippen LogP contribution in [0.15, 0.2) is 0 Å². The van der Waals surface area contributed by atoms with Crippen molar-refractivity contribution in [2.24, 2.45) is 0 Å². The molecule has 0 atom stereocenters. The Balaban J connectivity index is 3.01. The van der Waals surface area contributed by atoms with Gasteiger partial charge in [0.05, 0.1) is 7.11 Å². The van der Waals surface area contributed by atoms with E-state index in [1.165, 1.54) is 7.11 Å². The lowest BCUT2D eigenvalue weighted by Gasteiger charge is -1.89. The van der Waals surface area contributed by atoms with Crippen molar-refractivity contribution < 1.29 is 9.84 Å². The Morgan fingerprint density at radius 2 is 2.44 bits per heavy atom. The number of aromatic nitrogens is 2. The molecule has 1 heterocycles. The van der Waals surface area contributed by atoms with Crippen molar-refractivity contribution in [2.45, 2.75) is 0 Å². The van der Waals surface area contributed by atoms with E-state index in [0.717, 1.165) is 0 Å². The van der Waals surface area contributed by atoms with E-state index in [4.69, 9.17) is 10.8 Å². The van der Waals surface area contributed by atoms with Crippen LogP contribution in [0.4, 0.5) is 5.95 Å². The molecular weight excluding hydrogens is 122 g/mol. The molecule has 0 unspecified atom stereocenters. The molecule has 4 N–H and O–H groups in total. The Morgan fingerprint density at radius 1 is 1.78 bits per heavy atom. The second-order valence-electron chi connectivity index (χ2n) is 1.48. The molecule has 1 rings (SSSR count). The van der Waals surface area contributed by atoms with Crippen LogP contribution >= 0.6 is 0 Å². The van der Waals surface area contributed by atoms with Crippen LogP contribution in [0.3, 0.4) is 0 Å². The molecular formula is C4H7N3O2. The van der Waals surface area contributed by atoms with Crippen LogP contribution < -0.4 is 10.5 Å². The zero-order chi connectivity index (χ0) is 6.85. The first-order valence-electron chi connectivity index (χ1n) is 2.32. The normalized spacial score (nSPS) is 9.44. The molecule has 0 aliphatic heterocycles. The smallest absolute Gasteiger partial charge is 0.278 e. The molecule has 0 aliphatic rings. The molecule has 5 heteroatoms. The minimum atomic E-state index is -0.144. The second kappa shape index (κ2) is 1.85. The van der Waals surface area contributed by atoms with Crippen LogP contribution in [0.25, 0.3) is 0 Å². The summed E-state index contributed by atoms with van der Waals surface area (Å²) in [5.41, 5.74) is 5.15. The summed E-state index contributed by atoms with van der Waals surface area (Å²) < 4.78 is 4.59. The highest BCUT2D eigenvalue weighted by Crippen LogP contribution is 2.21. The van der Waals surface area contributed by atoms with Gasteiger partial charge in [0.25, 0.3) is 11.8 Å². The number of aromatic hydroxyl groups is 1. The highest BCUT2D eigenvalue weighted by atomic mass is 16.5. The summed E-state index contributed by atoms with van der Waals surface area (Å²) in [4.78, 5) is 5.93. The molecule has 5 nitrogen and oxygen atoms in total. The van der Waals surface area contributed by atoms with Gasteiger partial charge in [0.2, 0.25) is 5.95 Å². The Hall–Kier alpha value is -1.39. The predicted octanol–water partition coefficient (Wildman–Crippen LogP) is -0.294. The van der Waals surface area contributed by atoms with Gasteiger partial charge < -0.3 is 15.6 Å². The summed E-state index contributed by atoms with van der Waals surface area (Å²) in [6, 6.07) is 0. The fraction of sp³-hybridized carbons (Fsp3) is 0.250. The third-order valence-electron chi connectivity index (χ3n) is 0.864. The Bertz CT molecular complexity index is 208. The quantitative estimate of drug-likeness (QED) is 0.486. The molecule has 0 aliphatic carbocycles. The molecule has 0 amide bonds. The van der Waals surface area contributed by atoms with Crippen LogP contribution in [0.1, 0.15) is 0 Å². The third kappa shape index (κ3) is 0.883. The Kier molecular flexibility index (Phi) is 1.18. The van der Waals surface area contributed by atoms with Gasteiger partial charge in [-0.1, -0.05) is 0 Å². The van der Waals surface area contributed by atoms with E-state index in [9.17, 15) is 0 Å². The number of nitrogens with two attached hydrogens (primary N) is 1. The summed E-state index contributed by atoms with van der Waals surface area (Å²) >= 11 is 0. The van der Waals surface area contributed by atoms with E-state index >= 15 is 0 Å². The van der Waals surface area contributed by atoms with Gasteiger partial charge in [-0.25, -0.2) is 0 Å². The van der Waals surface area contributed by atoms with Crippen molar-refractivity contribution in [1.82, 2.24) is 9.97 Å². The van der Waals surface area contributed by atoms with Crippen LogP contribution in [-0.2, 0) is 0 Å². The fourth-order valence-electron chi connectivity index (χ4n) is 0.507. The van der Waals surface area contributed by atoms with Gasteiger partial charge >= 0.3 is 0 Å². The molecule has 0 radical (unpaired) electrons. The van der Waals surface area contributed by atoms with E-state index in [2.05, 4.69) is 14.7 Å². The molecule has 0 aromatic carbocycles. The van der Waals surface area contributed by atoms with Gasteiger partial charge in [-0.2, -0.15) is 4.98 Å². The molecule has 0 fully saturated rings. The second-order valence-corrected chi connectivity index (χ2v) is 1.48. The number of hydrogen-bond donors (Lipinski definition) is 3. The maximum atomic E-state index is 8.81. The molecule has 1 aromatic heterocycles. The number of imidazole rings is 1. The van der Waals surface area contributed by atoms with E-state index in [1.54, 1.807) is 0 Å². The third-order valence-corrected chi connectivity index (χ3v) is 0.864. The zero-order valence-electron chi connectivity index (χ0n) is 4.88. The minimum Gasteiger partial charge on any atom is -0.491 e. The van der Waals surface area contributed by atoms with Crippen LogP contribution in [0.2, 0.25) is 0 Å². The van der Waals surface area contributed by atoms with Crippen molar-refractivity contribution in [2.75, 3.05) is 12.8 Å². The fourth-order valence-corrected chi connectivity index (χ4v) is 0.507. The highest BCUT2D eigenvalue weighted by Gasteiger charge is 2.04. The van der Waals surface area contributed by atoms with Gasteiger partial charge in [0, 0.05) is 0 Å². The van der Waals surface area contributed by atoms with E-state index < -0.39 is 0 Å². The molecule has 0 saturated heterocycles. The first-order chi connectivity index (χ1) is 4.24. The standard InChI is InChI=1S/C4H7N3O2/c1-9-3-2(8)6-4(5)7-3/h8H,1H3,(H3,5,6,7). The average Bonchev–Trinajstić information content (AvgIpc) is 2.10. The topological polar surface area (TPSA) is 84.2 Å². The molecule has 0 saturated carbocycles. The monoisotopic (exact) mass is 129 g/mol. The molecule has 9 heavy (non-hydrogen) atoms. The van der Waals surface area contributed by atoms with Gasteiger partial charge in [-0.15, -0.1) is 0 Å². The predicted molar refractivity (Wildman–Crippen MR) is 31.2 cm³/mol. The minimum absolute atomic E-state index is 0.118. The van der Waals surface area contributed by atoms with E-state index in [-0.39, 0.29) is 17.7 Å². The molecule has 1 aromatic rings. The number of hydrogen-bond acceptors (Lipinski definition) is 4. The number of ether oxygens (including phenoxy) is 1. The van der Waals surface area contributed by atoms with Gasteiger partial charge in [0.15, 0.2) is 0 Å². The van der Waals surface area contributed by atoms with Gasteiger partial charge in [0.1, 0.15) is 0 Å². The lowest BCUT2D eigenvalue weighted by Crippen LogP contribution is -1.86. The van der Waals surface area contributed by atoms with Crippen molar-refractivity contribution in [3.63, 3.8) is 0 Å². The highest BCUT2D eigenvalue weighted by molar-refractivity contribution is 5.34. The summed E-state index contributed by atoms with van der Waals surface area (Å²) in [6.45, 7) is 0. The first-order valence-corrected chi connectivity index (χ1v) is 2.32. The maximum Gasteiger partial charge on any atom is 0.278 e. The molecule has 0 spiro atoms. The van der Waals surface area contributed by atoms with Crippen LogP contribution in [0.5, 0.6) is 11.8 Å². The molecule has 50 valence electrons. The number of aromatic amines is 1. The molecule has 0 bridgehead atoms. The zero-order valence-corrected chi connectivity index (χ0v) is 4.88. The number of rotatable bonds is 1. The van der Waals surface area contributed by atoms with Crippen molar-refractivity contribution in [1.29, 1.82) is 0 Å². The average molecular weight is 129 g/mol. The summed E-state index contributed by atoms with van der Waals surface area (Å²) in [5.74, 6) is 0.117. The largest absolute Gasteiger partial charge is 0.491 e. The number of methoxy groups -OCH3 is 1. The van der Waals surface area contributed by atoms with Gasteiger partial charge in [-0.3, -0.25) is 4.98 Å². The van der Waals surface area contributed by atoms with Crippen molar-refractivity contribution in [3.8, 4) is 11.8 Å². The summed E-state index contributed by atoms with van der Waals surface area (Å²) in [6.07, 6.45) is 0.